The number of hydrogen-bond donors (Lipinski definition) is 0. The van der Waals surface area contributed by atoms with Gasteiger partial charge in [0.15, 0.2) is 0 Å². The van der Waals surface area contributed by atoms with Crippen LogP contribution in [-0.4, -0.2) is 9.78 Å². The Labute approximate surface area is 74.8 Å². The highest BCUT2D eigenvalue weighted by Crippen LogP contribution is 2.14. The first-order chi connectivity index (χ1) is 4.66. The first-order valence-corrected chi connectivity index (χ1v) is 4.74. The van der Waals surface area contributed by atoms with E-state index in [2.05, 4.69) is 41.5 Å². The van der Waals surface area contributed by atoms with Gasteiger partial charge < -0.3 is 0 Å². The fourth-order valence-electron chi connectivity index (χ4n) is 1.01. The lowest BCUT2D eigenvalue weighted by Crippen LogP contribution is -1.92. The molecule has 0 N–H and O–H groups in total. The van der Waals surface area contributed by atoms with Gasteiger partial charge in [-0.25, -0.2) is 0 Å². The van der Waals surface area contributed by atoms with Crippen LogP contribution in [-0.2, 0) is 11.5 Å². The predicted molar refractivity (Wildman–Crippen MR) is 50.4 cm³/mol. The van der Waals surface area contributed by atoms with Crippen LogP contribution in [0.25, 0.3) is 0 Å². The number of hydrogen-bond acceptors (Lipinski definition) is 1. The minimum absolute atomic E-state index is 1.06. The van der Waals surface area contributed by atoms with Crippen molar-refractivity contribution in [2.24, 2.45) is 7.05 Å². The van der Waals surface area contributed by atoms with E-state index < -0.39 is 0 Å². The lowest BCUT2D eigenvalue weighted by molar-refractivity contribution is 0.730. The molecule has 0 unspecified atom stereocenters. The topological polar surface area (TPSA) is 17.8 Å². The van der Waals surface area contributed by atoms with E-state index in [1.54, 1.807) is 0 Å². The van der Waals surface area contributed by atoms with E-state index in [9.17, 15) is 0 Å². The van der Waals surface area contributed by atoms with Crippen molar-refractivity contribution in [1.29, 1.82) is 0 Å². The Kier molecular flexibility index (Phi) is 2.33. The van der Waals surface area contributed by atoms with Crippen molar-refractivity contribution in [2.75, 3.05) is 0 Å². The summed E-state index contributed by atoms with van der Waals surface area (Å²) in [6.45, 7) is 4.16. The molecule has 0 saturated heterocycles. The fourth-order valence-corrected chi connectivity index (χ4v) is 2.11. The molecule has 1 rings (SSSR count). The van der Waals surface area contributed by atoms with Gasteiger partial charge in [-0.15, -0.1) is 0 Å². The fraction of sp³-hybridized carbons (Fsp3) is 0.571. The third-order valence-electron chi connectivity index (χ3n) is 1.79. The summed E-state index contributed by atoms with van der Waals surface area (Å²) in [6, 6.07) is 0. The van der Waals surface area contributed by atoms with E-state index in [1.165, 1.54) is 11.3 Å². The second kappa shape index (κ2) is 2.90. The summed E-state index contributed by atoms with van der Waals surface area (Å²) in [5.74, 6) is 0. The van der Waals surface area contributed by atoms with E-state index in [-0.39, 0.29) is 0 Å². The standard InChI is InChI=1S/C7H11IN2/c1-5-7(4-8)6(2)10(3)9-5/h4H2,1-3H3. The zero-order valence-corrected chi connectivity index (χ0v) is 8.64. The molecule has 3 heteroatoms. The molecule has 2 nitrogen and oxygen atoms in total. The van der Waals surface area contributed by atoms with Crippen LogP contribution in [0.5, 0.6) is 0 Å². The molecule has 0 radical (unpaired) electrons. The maximum Gasteiger partial charge on any atom is 0.0636 e. The van der Waals surface area contributed by atoms with E-state index >= 15 is 0 Å². The first kappa shape index (κ1) is 8.04. The second-order valence-corrected chi connectivity index (χ2v) is 3.17. The number of alkyl halides is 1. The van der Waals surface area contributed by atoms with Crippen LogP contribution in [0.4, 0.5) is 0 Å². The number of aromatic nitrogens is 2. The Morgan fingerprint density at radius 3 is 2.30 bits per heavy atom. The van der Waals surface area contributed by atoms with Gasteiger partial charge in [0.05, 0.1) is 5.69 Å². The highest BCUT2D eigenvalue weighted by atomic mass is 127. The van der Waals surface area contributed by atoms with Gasteiger partial charge >= 0.3 is 0 Å². The van der Waals surface area contributed by atoms with Crippen LogP contribution >= 0.6 is 22.6 Å². The summed E-state index contributed by atoms with van der Waals surface area (Å²) < 4.78 is 2.99. The van der Waals surface area contributed by atoms with Gasteiger partial charge in [0.2, 0.25) is 0 Å². The Morgan fingerprint density at radius 1 is 1.50 bits per heavy atom. The third-order valence-corrected chi connectivity index (χ3v) is 2.56. The van der Waals surface area contributed by atoms with Gasteiger partial charge in [-0.1, -0.05) is 22.6 Å². The van der Waals surface area contributed by atoms with Crippen molar-refractivity contribution in [3.8, 4) is 0 Å². The molecule has 0 aromatic carbocycles. The monoisotopic (exact) mass is 250 g/mol. The molecule has 1 aromatic heterocycles. The summed E-state index contributed by atoms with van der Waals surface area (Å²) in [7, 11) is 1.98. The minimum Gasteiger partial charge on any atom is -0.272 e. The first-order valence-electron chi connectivity index (χ1n) is 3.22. The SMILES string of the molecule is Cc1nn(C)c(C)c1CI. The highest BCUT2D eigenvalue weighted by molar-refractivity contribution is 14.1. The molecule has 0 atom stereocenters. The minimum atomic E-state index is 1.06. The number of halogens is 1. The van der Waals surface area contributed by atoms with Crippen LogP contribution in [0.15, 0.2) is 0 Å². The molecule has 0 bridgehead atoms. The van der Waals surface area contributed by atoms with Crippen LogP contribution in [0.3, 0.4) is 0 Å². The Bertz CT molecular complexity index is 240. The summed E-state index contributed by atoms with van der Waals surface area (Å²) >= 11 is 2.36. The molecule has 10 heavy (non-hydrogen) atoms. The molecule has 56 valence electrons. The molecular weight excluding hydrogens is 239 g/mol. The molecule has 1 heterocycles. The van der Waals surface area contributed by atoms with Crippen molar-refractivity contribution in [3.05, 3.63) is 17.0 Å². The van der Waals surface area contributed by atoms with Gasteiger partial charge in [-0.05, 0) is 13.8 Å². The van der Waals surface area contributed by atoms with Crippen molar-refractivity contribution in [3.63, 3.8) is 0 Å². The maximum atomic E-state index is 4.29. The smallest absolute Gasteiger partial charge is 0.0636 e. The van der Waals surface area contributed by atoms with E-state index in [4.69, 9.17) is 0 Å². The lowest BCUT2D eigenvalue weighted by Gasteiger charge is -1.93. The molecular formula is C7H11IN2. The lowest BCUT2D eigenvalue weighted by atomic mass is 10.2. The second-order valence-electron chi connectivity index (χ2n) is 2.41. The van der Waals surface area contributed by atoms with E-state index in [0.29, 0.717) is 0 Å². The number of nitrogens with zero attached hydrogens (tertiary/aromatic N) is 2. The predicted octanol–water partition coefficient (Wildman–Crippen LogP) is 1.97. The Balaban J connectivity index is 3.20. The van der Waals surface area contributed by atoms with E-state index in [1.807, 2.05) is 11.7 Å². The van der Waals surface area contributed by atoms with Crippen LogP contribution in [0.2, 0.25) is 0 Å². The van der Waals surface area contributed by atoms with Gasteiger partial charge in [0.1, 0.15) is 0 Å². The number of rotatable bonds is 1. The molecule has 0 amide bonds. The number of aryl methyl sites for hydroxylation is 2. The van der Waals surface area contributed by atoms with Crippen molar-refractivity contribution < 1.29 is 0 Å². The normalized spacial score (nSPS) is 10.4. The average molecular weight is 250 g/mol. The largest absolute Gasteiger partial charge is 0.272 e. The van der Waals surface area contributed by atoms with Gasteiger partial charge in [0, 0.05) is 22.7 Å². The van der Waals surface area contributed by atoms with Crippen LogP contribution < -0.4 is 0 Å². The van der Waals surface area contributed by atoms with E-state index in [0.717, 1.165) is 10.1 Å². The van der Waals surface area contributed by atoms with Crippen LogP contribution in [0, 0.1) is 13.8 Å². The average Bonchev–Trinajstić information content (AvgIpc) is 2.09. The Hall–Kier alpha value is -0.0600. The van der Waals surface area contributed by atoms with Gasteiger partial charge in [-0.3, -0.25) is 4.68 Å². The molecule has 0 fully saturated rings. The molecule has 0 aliphatic carbocycles. The third kappa shape index (κ3) is 1.19. The molecule has 0 spiro atoms. The summed E-state index contributed by atoms with van der Waals surface area (Å²) in [4.78, 5) is 0. The Morgan fingerprint density at radius 2 is 2.10 bits per heavy atom. The summed E-state index contributed by atoms with van der Waals surface area (Å²) in [5, 5.41) is 4.29. The molecule has 0 aliphatic rings. The molecule has 0 saturated carbocycles. The molecule has 1 aromatic rings. The van der Waals surface area contributed by atoms with Crippen LogP contribution in [0.1, 0.15) is 17.0 Å². The van der Waals surface area contributed by atoms with Crippen molar-refractivity contribution in [2.45, 2.75) is 18.3 Å². The molecule has 0 aliphatic heterocycles. The maximum absolute atomic E-state index is 4.29. The van der Waals surface area contributed by atoms with Gasteiger partial charge in [-0.2, -0.15) is 5.10 Å². The zero-order chi connectivity index (χ0) is 7.72. The highest BCUT2D eigenvalue weighted by Gasteiger charge is 2.05. The quantitative estimate of drug-likeness (QED) is 0.550. The summed E-state index contributed by atoms with van der Waals surface area (Å²) in [6.07, 6.45) is 0. The summed E-state index contributed by atoms with van der Waals surface area (Å²) in [5.41, 5.74) is 3.82. The van der Waals surface area contributed by atoms with Crippen molar-refractivity contribution >= 4 is 22.6 Å². The van der Waals surface area contributed by atoms with Crippen molar-refractivity contribution in [1.82, 2.24) is 9.78 Å². The zero-order valence-electron chi connectivity index (χ0n) is 6.48. The van der Waals surface area contributed by atoms with Gasteiger partial charge in [0.25, 0.3) is 0 Å².